The van der Waals surface area contributed by atoms with Crippen LogP contribution in [0.5, 0.6) is 5.75 Å². The fourth-order valence-corrected chi connectivity index (χ4v) is 4.41. The predicted molar refractivity (Wildman–Crippen MR) is 120 cm³/mol. The standard InChI is InChI=1S/C23H22ClN3OS/c1-3-27-22(14-28-19-11-12-21(24)16(2)13-19)25-26-23(27)29-15-18-9-6-8-17-7-4-5-10-20(17)18/h4-13H,3,14-15H2,1-2H3. The van der Waals surface area contributed by atoms with E-state index in [4.69, 9.17) is 16.3 Å². The number of aromatic nitrogens is 3. The molecule has 4 nitrogen and oxygen atoms in total. The lowest BCUT2D eigenvalue weighted by Gasteiger charge is -2.10. The topological polar surface area (TPSA) is 39.9 Å². The first kappa shape index (κ1) is 19.8. The first-order chi connectivity index (χ1) is 14.2. The van der Waals surface area contributed by atoms with Crippen LogP contribution in [0, 0.1) is 6.92 Å². The number of benzene rings is 3. The molecule has 0 spiro atoms. The molecule has 1 aromatic heterocycles. The van der Waals surface area contributed by atoms with Crippen LogP contribution in [0.15, 0.2) is 65.8 Å². The molecule has 0 saturated carbocycles. The lowest BCUT2D eigenvalue weighted by atomic mass is 10.1. The van der Waals surface area contributed by atoms with Crippen molar-refractivity contribution in [3.05, 3.63) is 82.6 Å². The summed E-state index contributed by atoms with van der Waals surface area (Å²) < 4.78 is 8.02. The van der Waals surface area contributed by atoms with Gasteiger partial charge in [-0.3, -0.25) is 0 Å². The molecule has 4 aromatic rings. The van der Waals surface area contributed by atoms with Crippen molar-refractivity contribution < 1.29 is 4.74 Å². The van der Waals surface area contributed by atoms with Crippen molar-refractivity contribution in [1.82, 2.24) is 14.8 Å². The molecule has 0 amide bonds. The van der Waals surface area contributed by atoms with Crippen LogP contribution < -0.4 is 4.74 Å². The van der Waals surface area contributed by atoms with E-state index in [1.807, 2.05) is 25.1 Å². The number of fused-ring (bicyclic) bond motifs is 1. The minimum Gasteiger partial charge on any atom is -0.486 e. The first-order valence-corrected chi connectivity index (χ1v) is 10.9. The SMILES string of the molecule is CCn1c(COc2ccc(Cl)c(C)c2)nnc1SCc1cccc2ccccc12. The largest absolute Gasteiger partial charge is 0.486 e. The van der Waals surface area contributed by atoms with Gasteiger partial charge in [0.2, 0.25) is 0 Å². The second-order valence-electron chi connectivity index (χ2n) is 6.77. The van der Waals surface area contributed by atoms with Crippen molar-refractivity contribution in [3.8, 4) is 5.75 Å². The molecule has 0 atom stereocenters. The minimum absolute atomic E-state index is 0.372. The summed E-state index contributed by atoms with van der Waals surface area (Å²) in [7, 11) is 0. The van der Waals surface area contributed by atoms with E-state index in [0.717, 1.165) is 39.6 Å². The van der Waals surface area contributed by atoms with Crippen LogP contribution in [-0.2, 0) is 18.9 Å². The normalized spacial score (nSPS) is 11.1. The molecule has 0 bridgehead atoms. The van der Waals surface area contributed by atoms with Gasteiger partial charge in [0.15, 0.2) is 11.0 Å². The van der Waals surface area contributed by atoms with Crippen molar-refractivity contribution in [3.63, 3.8) is 0 Å². The van der Waals surface area contributed by atoms with Gasteiger partial charge >= 0.3 is 0 Å². The Balaban J connectivity index is 1.47. The number of thioether (sulfide) groups is 1. The van der Waals surface area contributed by atoms with Gasteiger partial charge < -0.3 is 9.30 Å². The molecule has 4 rings (SSSR count). The van der Waals surface area contributed by atoms with Gasteiger partial charge in [0, 0.05) is 17.3 Å². The van der Waals surface area contributed by atoms with Crippen LogP contribution in [0.3, 0.4) is 0 Å². The predicted octanol–water partition coefficient (Wildman–Crippen LogP) is 6.28. The Hall–Kier alpha value is -2.50. The average Bonchev–Trinajstić information content (AvgIpc) is 3.14. The van der Waals surface area contributed by atoms with Gasteiger partial charge in [0.1, 0.15) is 12.4 Å². The molecular formula is C23H22ClN3OS. The zero-order valence-corrected chi connectivity index (χ0v) is 18.0. The molecule has 6 heteroatoms. The van der Waals surface area contributed by atoms with Crippen LogP contribution in [0.4, 0.5) is 0 Å². The molecule has 0 unspecified atom stereocenters. The molecule has 29 heavy (non-hydrogen) atoms. The summed E-state index contributed by atoms with van der Waals surface area (Å²) in [6, 6.07) is 20.6. The van der Waals surface area contributed by atoms with E-state index in [-0.39, 0.29) is 0 Å². The molecule has 148 valence electrons. The summed E-state index contributed by atoms with van der Waals surface area (Å²) in [5.41, 5.74) is 2.29. The Labute approximate surface area is 179 Å². The number of ether oxygens (including phenoxy) is 1. The Morgan fingerprint density at radius 3 is 2.69 bits per heavy atom. The highest BCUT2D eigenvalue weighted by Gasteiger charge is 2.13. The maximum absolute atomic E-state index is 6.09. The fraction of sp³-hybridized carbons (Fsp3) is 0.217. The summed E-state index contributed by atoms with van der Waals surface area (Å²) in [6.07, 6.45) is 0. The Bertz CT molecular complexity index is 1140. The van der Waals surface area contributed by atoms with E-state index < -0.39 is 0 Å². The minimum atomic E-state index is 0.372. The van der Waals surface area contributed by atoms with E-state index in [1.165, 1.54) is 16.3 Å². The van der Waals surface area contributed by atoms with Crippen molar-refractivity contribution in [1.29, 1.82) is 0 Å². The zero-order chi connectivity index (χ0) is 20.2. The van der Waals surface area contributed by atoms with E-state index in [2.05, 4.69) is 64.2 Å². The second kappa shape index (κ2) is 8.89. The lowest BCUT2D eigenvalue weighted by molar-refractivity contribution is 0.288. The smallest absolute Gasteiger partial charge is 0.191 e. The highest BCUT2D eigenvalue weighted by Crippen LogP contribution is 2.27. The number of hydrogen-bond acceptors (Lipinski definition) is 4. The van der Waals surface area contributed by atoms with Crippen molar-refractivity contribution in [2.24, 2.45) is 0 Å². The van der Waals surface area contributed by atoms with Gasteiger partial charge in [-0.1, -0.05) is 65.8 Å². The Morgan fingerprint density at radius 1 is 1.03 bits per heavy atom. The van der Waals surface area contributed by atoms with Crippen molar-refractivity contribution >= 4 is 34.1 Å². The molecule has 0 aliphatic heterocycles. The van der Waals surface area contributed by atoms with Crippen LogP contribution >= 0.6 is 23.4 Å². The van der Waals surface area contributed by atoms with Crippen LogP contribution in [0.1, 0.15) is 23.9 Å². The highest BCUT2D eigenvalue weighted by atomic mass is 35.5. The maximum atomic E-state index is 6.09. The van der Waals surface area contributed by atoms with Gasteiger partial charge in [-0.2, -0.15) is 0 Å². The lowest BCUT2D eigenvalue weighted by Crippen LogP contribution is -2.07. The first-order valence-electron chi connectivity index (χ1n) is 9.56. The molecule has 0 aliphatic carbocycles. The Morgan fingerprint density at radius 2 is 1.86 bits per heavy atom. The summed E-state index contributed by atoms with van der Waals surface area (Å²) in [5, 5.41) is 12.9. The second-order valence-corrected chi connectivity index (χ2v) is 8.12. The summed E-state index contributed by atoms with van der Waals surface area (Å²) in [5.74, 6) is 2.44. The van der Waals surface area contributed by atoms with Gasteiger partial charge in [0.25, 0.3) is 0 Å². The van der Waals surface area contributed by atoms with Crippen molar-refractivity contribution in [2.45, 2.75) is 37.9 Å². The molecule has 0 fully saturated rings. The zero-order valence-electron chi connectivity index (χ0n) is 16.4. The fourth-order valence-electron chi connectivity index (χ4n) is 3.27. The maximum Gasteiger partial charge on any atom is 0.191 e. The summed E-state index contributed by atoms with van der Waals surface area (Å²) in [4.78, 5) is 0. The summed E-state index contributed by atoms with van der Waals surface area (Å²) in [6.45, 7) is 5.23. The van der Waals surface area contributed by atoms with E-state index in [1.54, 1.807) is 11.8 Å². The molecule has 0 N–H and O–H groups in total. The van der Waals surface area contributed by atoms with Crippen LogP contribution in [0.25, 0.3) is 10.8 Å². The van der Waals surface area contributed by atoms with E-state index in [9.17, 15) is 0 Å². The molecule has 0 aliphatic rings. The molecular weight excluding hydrogens is 402 g/mol. The number of nitrogens with zero attached hydrogens (tertiary/aromatic N) is 3. The molecule has 0 radical (unpaired) electrons. The van der Waals surface area contributed by atoms with Crippen molar-refractivity contribution in [2.75, 3.05) is 0 Å². The highest BCUT2D eigenvalue weighted by molar-refractivity contribution is 7.98. The van der Waals surface area contributed by atoms with E-state index >= 15 is 0 Å². The average molecular weight is 424 g/mol. The van der Waals surface area contributed by atoms with Crippen LogP contribution in [-0.4, -0.2) is 14.8 Å². The number of aryl methyl sites for hydroxylation is 1. The third-order valence-electron chi connectivity index (χ3n) is 4.84. The van der Waals surface area contributed by atoms with Gasteiger partial charge in [-0.05, 0) is 53.9 Å². The van der Waals surface area contributed by atoms with Gasteiger partial charge in [-0.25, -0.2) is 0 Å². The third kappa shape index (κ3) is 4.41. The molecule has 0 saturated heterocycles. The van der Waals surface area contributed by atoms with Gasteiger partial charge in [-0.15, -0.1) is 10.2 Å². The van der Waals surface area contributed by atoms with Gasteiger partial charge in [0.05, 0.1) is 0 Å². The number of rotatable bonds is 7. The summed E-state index contributed by atoms with van der Waals surface area (Å²) >= 11 is 7.79. The third-order valence-corrected chi connectivity index (χ3v) is 6.28. The quantitative estimate of drug-likeness (QED) is 0.328. The Kier molecular flexibility index (Phi) is 6.07. The molecule has 1 heterocycles. The van der Waals surface area contributed by atoms with E-state index in [0.29, 0.717) is 6.61 Å². The molecule has 3 aromatic carbocycles. The number of hydrogen-bond donors (Lipinski definition) is 0. The van der Waals surface area contributed by atoms with Crippen LogP contribution in [0.2, 0.25) is 5.02 Å². The number of halogens is 1. The monoisotopic (exact) mass is 423 g/mol.